The third-order valence-corrected chi connectivity index (χ3v) is 4.17. The topological polar surface area (TPSA) is 35.5 Å². The molecule has 0 bridgehead atoms. The molecule has 1 saturated carbocycles. The Bertz CT molecular complexity index is 229. The highest BCUT2D eigenvalue weighted by Crippen LogP contribution is 2.24. The molecule has 0 aromatic heterocycles. The Hall–Kier alpha value is -0.120. The molecule has 0 saturated heterocycles. The van der Waals surface area contributed by atoms with E-state index in [1.807, 2.05) is 0 Å². The van der Waals surface area contributed by atoms with Crippen LogP contribution in [-0.4, -0.2) is 47.8 Å². The van der Waals surface area contributed by atoms with E-state index in [4.69, 9.17) is 0 Å². The first-order valence-electron chi connectivity index (χ1n) is 7.55. The number of aliphatic hydroxyl groups excluding tert-OH is 1. The van der Waals surface area contributed by atoms with Crippen LogP contribution in [0.5, 0.6) is 0 Å². The van der Waals surface area contributed by atoms with E-state index >= 15 is 0 Å². The highest BCUT2D eigenvalue weighted by atomic mass is 16.3. The van der Waals surface area contributed by atoms with E-state index in [0.29, 0.717) is 6.04 Å². The van der Waals surface area contributed by atoms with Gasteiger partial charge in [-0.3, -0.25) is 0 Å². The van der Waals surface area contributed by atoms with Crippen LogP contribution in [0.4, 0.5) is 0 Å². The van der Waals surface area contributed by atoms with Crippen LogP contribution in [0, 0.1) is 0 Å². The first-order valence-corrected chi connectivity index (χ1v) is 7.55. The Labute approximate surface area is 113 Å². The van der Waals surface area contributed by atoms with Crippen LogP contribution in [0.3, 0.4) is 0 Å². The fourth-order valence-corrected chi connectivity index (χ4v) is 2.78. The third kappa shape index (κ3) is 5.25. The Morgan fingerprint density at radius 2 is 2.00 bits per heavy atom. The molecule has 0 spiro atoms. The number of hydrogen-bond acceptors (Lipinski definition) is 3. The molecule has 1 unspecified atom stereocenters. The summed E-state index contributed by atoms with van der Waals surface area (Å²) in [5.41, 5.74) is -0.108. The highest BCUT2D eigenvalue weighted by Gasteiger charge is 2.24. The molecular formula is C15H32N2O. The Morgan fingerprint density at radius 3 is 2.44 bits per heavy atom. The molecule has 1 atom stereocenters. The van der Waals surface area contributed by atoms with Gasteiger partial charge in [0.05, 0.1) is 6.61 Å². The molecule has 1 rings (SSSR count). The molecule has 0 amide bonds. The second-order valence-electron chi connectivity index (χ2n) is 6.54. The van der Waals surface area contributed by atoms with Gasteiger partial charge >= 0.3 is 0 Å². The molecule has 1 fully saturated rings. The maximum Gasteiger partial charge on any atom is 0.0610 e. The van der Waals surface area contributed by atoms with Crippen molar-refractivity contribution in [1.82, 2.24) is 10.2 Å². The van der Waals surface area contributed by atoms with Crippen LogP contribution >= 0.6 is 0 Å². The van der Waals surface area contributed by atoms with Crippen LogP contribution in [0.1, 0.15) is 59.3 Å². The van der Waals surface area contributed by atoms with E-state index in [0.717, 1.165) is 12.5 Å². The van der Waals surface area contributed by atoms with Crippen molar-refractivity contribution in [3.05, 3.63) is 0 Å². The minimum atomic E-state index is -0.108. The maximum absolute atomic E-state index is 9.51. The molecule has 3 nitrogen and oxygen atoms in total. The van der Waals surface area contributed by atoms with Crippen molar-refractivity contribution in [3.8, 4) is 0 Å². The highest BCUT2D eigenvalue weighted by molar-refractivity contribution is 4.84. The van der Waals surface area contributed by atoms with E-state index in [1.165, 1.54) is 38.6 Å². The van der Waals surface area contributed by atoms with Crippen molar-refractivity contribution >= 4 is 0 Å². The second kappa shape index (κ2) is 7.46. The number of nitrogens with one attached hydrogen (secondary N) is 1. The third-order valence-electron chi connectivity index (χ3n) is 4.17. The van der Waals surface area contributed by atoms with Gasteiger partial charge in [0.2, 0.25) is 0 Å². The lowest BCUT2D eigenvalue weighted by atomic mass is 9.91. The van der Waals surface area contributed by atoms with E-state index < -0.39 is 0 Å². The standard InChI is InChI=1S/C15H32N2O/c1-13(2)16-15(3,12-18)10-5-6-11-17(4)14-8-7-9-14/h13-14,16,18H,5-12H2,1-4H3. The summed E-state index contributed by atoms with van der Waals surface area (Å²) < 4.78 is 0. The molecule has 0 aromatic rings. The molecule has 0 aromatic carbocycles. The fraction of sp³-hybridized carbons (Fsp3) is 1.00. The van der Waals surface area contributed by atoms with Crippen molar-refractivity contribution in [2.24, 2.45) is 0 Å². The van der Waals surface area contributed by atoms with Crippen molar-refractivity contribution in [2.75, 3.05) is 20.2 Å². The monoisotopic (exact) mass is 256 g/mol. The van der Waals surface area contributed by atoms with Gasteiger partial charge in [0.25, 0.3) is 0 Å². The quantitative estimate of drug-likeness (QED) is 0.622. The zero-order chi connectivity index (χ0) is 13.6. The zero-order valence-electron chi connectivity index (χ0n) is 12.7. The van der Waals surface area contributed by atoms with Crippen LogP contribution < -0.4 is 5.32 Å². The average Bonchev–Trinajstić information content (AvgIpc) is 2.21. The van der Waals surface area contributed by atoms with Gasteiger partial charge in [-0.15, -0.1) is 0 Å². The molecule has 3 heteroatoms. The molecule has 0 heterocycles. The van der Waals surface area contributed by atoms with E-state index in [-0.39, 0.29) is 12.1 Å². The van der Waals surface area contributed by atoms with Crippen LogP contribution in [0.25, 0.3) is 0 Å². The Balaban J connectivity index is 2.14. The molecule has 0 radical (unpaired) electrons. The lowest BCUT2D eigenvalue weighted by Gasteiger charge is -2.35. The largest absolute Gasteiger partial charge is 0.394 e. The predicted molar refractivity (Wildman–Crippen MR) is 77.9 cm³/mol. The molecule has 0 aliphatic heterocycles. The van der Waals surface area contributed by atoms with Crippen LogP contribution in [0.2, 0.25) is 0 Å². The molecule has 1 aliphatic carbocycles. The van der Waals surface area contributed by atoms with Gasteiger partial charge in [0.15, 0.2) is 0 Å². The Morgan fingerprint density at radius 1 is 1.33 bits per heavy atom. The van der Waals surface area contributed by atoms with Crippen LogP contribution in [-0.2, 0) is 0 Å². The maximum atomic E-state index is 9.51. The summed E-state index contributed by atoms with van der Waals surface area (Å²) >= 11 is 0. The fourth-order valence-electron chi connectivity index (χ4n) is 2.78. The number of rotatable bonds is 9. The van der Waals surface area contributed by atoms with Gasteiger partial charge in [0.1, 0.15) is 0 Å². The summed E-state index contributed by atoms with van der Waals surface area (Å²) in [7, 11) is 2.25. The van der Waals surface area contributed by atoms with Gasteiger partial charge in [-0.25, -0.2) is 0 Å². The van der Waals surface area contributed by atoms with Crippen molar-refractivity contribution < 1.29 is 5.11 Å². The van der Waals surface area contributed by atoms with Gasteiger partial charge in [-0.05, 0) is 46.2 Å². The zero-order valence-corrected chi connectivity index (χ0v) is 12.7. The number of unbranched alkanes of at least 4 members (excludes halogenated alkanes) is 1. The predicted octanol–water partition coefficient (Wildman–Crippen LogP) is 2.39. The van der Waals surface area contributed by atoms with E-state index in [2.05, 4.69) is 38.0 Å². The lowest BCUT2D eigenvalue weighted by molar-refractivity contribution is 0.141. The average molecular weight is 256 g/mol. The summed E-state index contributed by atoms with van der Waals surface area (Å²) in [5.74, 6) is 0. The molecule has 1 aliphatic rings. The van der Waals surface area contributed by atoms with Crippen molar-refractivity contribution in [1.29, 1.82) is 0 Å². The number of aliphatic hydroxyl groups is 1. The van der Waals surface area contributed by atoms with Gasteiger partial charge in [-0.2, -0.15) is 0 Å². The summed E-state index contributed by atoms with van der Waals surface area (Å²) in [6.07, 6.45) is 7.67. The summed E-state index contributed by atoms with van der Waals surface area (Å²) in [4.78, 5) is 2.51. The summed E-state index contributed by atoms with van der Waals surface area (Å²) in [6, 6.07) is 1.28. The van der Waals surface area contributed by atoms with Crippen molar-refractivity contribution in [2.45, 2.75) is 76.9 Å². The Kier molecular flexibility index (Phi) is 6.61. The first-order chi connectivity index (χ1) is 8.47. The van der Waals surface area contributed by atoms with E-state index in [1.54, 1.807) is 0 Å². The smallest absolute Gasteiger partial charge is 0.0610 e. The lowest BCUT2D eigenvalue weighted by Crippen LogP contribution is -2.49. The minimum Gasteiger partial charge on any atom is -0.394 e. The molecule has 18 heavy (non-hydrogen) atoms. The second-order valence-corrected chi connectivity index (χ2v) is 6.54. The molecule has 108 valence electrons. The number of nitrogens with zero attached hydrogens (tertiary/aromatic N) is 1. The van der Waals surface area contributed by atoms with Gasteiger partial charge in [0, 0.05) is 17.6 Å². The van der Waals surface area contributed by atoms with E-state index in [9.17, 15) is 5.11 Å². The SMILES string of the molecule is CC(C)NC(C)(CO)CCCCN(C)C1CCC1. The molecular weight excluding hydrogens is 224 g/mol. The van der Waals surface area contributed by atoms with Gasteiger partial charge in [-0.1, -0.05) is 26.7 Å². The summed E-state index contributed by atoms with van der Waals surface area (Å²) in [5, 5.41) is 13.0. The van der Waals surface area contributed by atoms with Gasteiger partial charge < -0.3 is 15.3 Å². The van der Waals surface area contributed by atoms with Crippen molar-refractivity contribution in [3.63, 3.8) is 0 Å². The summed E-state index contributed by atoms with van der Waals surface area (Å²) in [6.45, 7) is 7.83. The van der Waals surface area contributed by atoms with Crippen LogP contribution in [0.15, 0.2) is 0 Å². The first kappa shape index (κ1) is 15.9. The number of hydrogen-bond donors (Lipinski definition) is 2. The normalized spacial score (nSPS) is 20.2. The molecule has 2 N–H and O–H groups in total. The minimum absolute atomic E-state index is 0.108.